The number of benzene rings is 3. The van der Waals surface area contributed by atoms with Crippen molar-refractivity contribution >= 4 is 17.1 Å². The van der Waals surface area contributed by atoms with Crippen LogP contribution in [0.4, 0.5) is 11.4 Å². The predicted molar refractivity (Wildman–Crippen MR) is 95.6 cm³/mol. The molecule has 0 bridgehead atoms. The van der Waals surface area contributed by atoms with Gasteiger partial charge in [-0.15, -0.1) is 0 Å². The summed E-state index contributed by atoms with van der Waals surface area (Å²) in [6, 6.07) is 23.6. The number of para-hydroxylation sites is 1. The first-order chi connectivity index (χ1) is 11.3. The average Bonchev–Trinajstić information content (AvgIpc) is 2.61. The SMILES string of the molecule is Cc1cccc2c1NC1C(=N2)c2ccccc2-c2ccccc21. The number of hydrogen-bond donors (Lipinski definition) is 1. The summed E-state index contributed by atoms with van der Waals surface area (Å²) in [6.07, 6.45) is 0. The molecule has 0 fully saturated rings. The van der Waals surface area contributed by atoms with E-state index in [1.54, 1.807) is 0 Å². The molecule has 0 spiro atoms. The number of rotatable bonds is 0. The van der Waals surface area contributed by atoms with Crippen LogP contribution in [0.15, 0.2) is 71.7 Å². The van der Waals surface area contributed by atoms with Crippen molar-refractivity contribution in [1.82, 2.24) is 0 Å². The van der Waals surface area contributed by atoms with Crippen molar-refractivity contribution in [3.63, 3.8) is 0 Å². The maximum absolute atomic E-state index is 5.02. The first-order valence-corrected chi connectivity index (χ1v) is 7.96. The number of aliphatic imine (C=N–C) groups is 1. The Morgan fingerprint density at radius 3 is 2.39 bits per heavy atom. The highest BCUT2D eigenvalue weighted by Gasteiger charge is 2.33. The highest BCUT2D eigenvalue weighted by atomic mass is 15.0. The number of nitrogens with one attached hydrogen (secondary N) is 1. The molecule has 3 aromatic rings. The van der Waals surface area contributed by atoms with Crippen molar-refractivity contribution in [3.8, 4) is 11.1 Å². The summed E-state index contributed by atoms with van der Waals surface area (Å²) in [5, 5.41) is 3.73. The first kappa shape index (κ1) is 12.7. The Bertz CT molecular complexity index is 969. The lowest BCUT2D eigenvalue weighted by Crippen LogP contribution is -2.29. The third-order valence-corrected chi connectivity index (χ3v) is 4.82. The molecule has 0 radical (unpaired) electrons. The van der Waals surface area contributed by atoms with E-state index in [4.69, 9.17) is 4.99 Å². The predicted octanol–water partition coefficient (Wildman–Crippen LogP) is 5.26. The molecule has 1 aliphatic heterocycles. The molecule has 110 valence electrons. The minimum atomic E-state index is 0.120. The topological polar surface area (TPSA) is 24.4 Å². The zero-order chi connectivity index (χ0) is 15.4. The van der Waals surface area contributed by atoms with E-state index in [1.807, 2.05) is 0 Å². The van der Waals surface area contributed by atoms with Gasteiger partial charge in [0.15, 0.2) is 0 Å². The fourth-order valence-electron chi connectivity index (χ4n) is 3.72. The Morgan fingerprint density at radius 1 is 0.783 bits per heavy atom. The summed E-state index contributed by atoms with van der Waals surface area (Å²) in [4.78, 5) is 5.02. The molecule has 1 aliphatic carbocycles. The molecule has 0 aromatic heterocycles. The fraction of sp³-hybridized carbons (Fsp3) is 0.0952. The summed E-state index contributed by atoms with van der Waals surface area (Å²) in [5.74, 6) is 0. The van der Waals surface area contributed by atoms with Crippen molar-refractivity contribution < 1.29 is 0 Å². The van der Waals surface area contributed by atoms with E-state index in [0.29, 0.717) is 0 Å². The van der Waals surface area contributed by atoms with Gasteiger partial charge >= 0.3 is 0 Å². The Kier molecular flexibility index (Phi) is 2.51. The second-order valence-corrected chi connectivity index (χ2v) is 6.18. The Balaban J connectivity index is 1.84. The standard InChI is InChI=1S/C21H16N2/c1-13-7-6-12-18-19(13)23-21-17-11-5-3-9-15(17)14-8-2-4-10-16(14)20(21)22-18/h2-12,21,23H,1H3. The van der Waals surface area contributed by atoms with Crippen molar-refractivity contribution in [2.75, 3.05) is 5.32 Å². The lowest BCUT2D eigenvalue weighted by Gasteiger charge is -2.34. The second-order valence-electron chi connectivity index (χ2n) is 6.18. The highest BCUT2D eigenvalue weighted by molar-refractivity contribution is 6.16. The molecular formula is C21H16N2. The van der Waals surface area contributed by atoms with Gasteiger partial charge in [0.25, 0.3) is 0 Å². The molecule has 0 saturated heterocycles. The summed E-state index contributed by atoms with van der Waals surface area (Å²) in [6.45, 7) is 2.13. The molecule has 0 saturated carbocycles. The van der Waals surface area contributed by atoms with E-state index in [1.165, 1.54) is 27.8 Å². The molecule has 1 unspecified atom stereocenters. The number of fused-ring (bicyclic) bond motifs is 7. The molecule has 5 rings (SSSR count). The van der Waals surface area contributed by atoms with E-state index < -0.39 is 0 Å². The van der Waals surface area contributed by atoms with Crippen LogP contribution in [0.1, 0.15) is 22.7 Å². The van der Waals surface area contributed by atoms with Crippen LogP contribution in [-0.4, -0.2) is 5.71 Å². The molecule has 2 nitrogen and oxygen atoms in total. The van der Waals surface area contributed by atoms with Gasteiger partial charge in [0.05, 0.1) is 23.1 Å². The number of anilines is 1. The smallest absolute Gasteiger partial charge is 0.0953 e. The molecule has 2 aliphatic rings. The molecule has 0 amide bonds. The van der Waals surface area contributed by atoms with Crippen LogP contribution in [0.2, 0.25) is 0 Å². The van der Waals surface area contributed by atoms with Gasteiger partial charge in [-0.25, -0.2) is 4.99 Å². The largest absolute Gasteiger partial charge is 0.371 e. The molecule has 1 atom stereocenters. The van der Waals surface area contributed by atoms with E-state index >= 15 is 0 Å². The number of hydrogen-bond acceptors (Lipinski definition) is 2. The second kappa shape index (κ2) is 4.56. The summed E-state index contributed by atoms with van der Waals surface area (Å²) < 4.78 is 0. The summed E-state index contributed by atoms with van der Waals surface area (Å²) in [7, 11) is 0. The van der Waals surface area contributed by atoms with Gasteiger partial charge < -0.3 is 5.32 Å². The first-order valence-electron chi connectivity index (χ1n) is 7.96. The van der Waals surface area contributed by atoms with Gasteiger partial charge in [0.1, 0.15) is 0 Å². The zero-order valence-electron chi connectivity index (χ0n) is 12.9. The number of nitrogens with zero attached hydrogens (tertiary/aromatic N) is 1. The van der Waals surface area contributed by atoms with E-state index in [9.17, 15) is 0 Å². The molecule has 1 heterocycles. The van der Waals surface area contributed by atoms with Gasteiger partial charge in [-0.2, -0.15) is 0 Å². The van der Waals surface area contributed by atoms with Crippen LogP contribution in [0.25, 0.3) is 11.1 Å². The van der Waals surface area contributed by atoms with Crippen LogP contribution < -0.4 is 5.32 Å². The van der Waals surface area contributed by atoms with E-state index in [0.717, 1.165) is 17.1 Å². The van der Waals surface area contributed by atoms with Crippen molar-refractivity contribution in [1.29, 1.82) is 0 Å². The highest BCUT2D eigenvalue weighted by Crippen LogP contribution is 2.45. The normalized spacial score (nSPS) is 17.1. The molecule has 3 aromatic carbocycles. The van der Waals surface area contributed by atoms with Crippen LogP contribution in [0.5, 0.6) is 0 Å². The minimum absolute atomic E-state index is 0.120. The van der Waals surface area contributed by atoms with Gasteiger partial charge in [-0.3, -0.25) is 0 Å². The Hall–Kier alpha value is -2.87. The van der Waals surface area contributed by atoms with Crippen molar-refractivity contribution in [2.24, 2.45) is 4.99 Å². The van der Waals surface area contributed by atoms with E-state index in [-0.39, 0.29) is 6.04 Å². The van der Waals surface area contributed by atoms with E-state index in [2.05, 4.69) is 79.0 Å². The van der Waals surface area contributed by atoms with Gasteiger partial charge in [0.2, 0.25) is 0 Å². The van der Waals surface area contributed by atoms with Crippen LogP contribution >= 0.6 is 0 Å². The Labute approximate surface area is 135 Å². The third-order valence-electron chi connectivity index (χ3n) is 4.82. The fourth-order valence-corrected chi connectivity index (χ4v) is 3.72. The van der Waals surface area contributed by atoms with Gasteiger partial charge in [-0.05, 0) is 35.2 Å². The van der Waals surface area contributed by atoms with Crippen molar-refractivity contribution in [2.45, 2.75) is 13.0 Å². The average molecular weight is 296 g/mol. The van der Waals surface area contributed by atoms with Crippen LogP contribution in [0, 0.1) is 6.92 Å². The molecular weight excluding hydrogens is 280 g/mol. The molecule has 2 heteroatoms. The lowest BCUT2D eigenvalue weighted by molar-refractivity contribution is 1.00. The maximum Gasteiger partial charge on any atom is 0.0953 e. The molecule has 1 N–H and O–H groups in total. The van der Waals surface area contributed by atoms with Crippen molar-refractivity contribution in [3.05, 3.63) is 83.4 Å². The summed E-state index contributed by atoms with van der Waals surface area (Å²) in [5.41, 5.74) is 9.65. The monoisotopic (exact) mass is 296 g/mol. The van der Waals surface area contributed by atoms with Crippen LogP contribution in [0.3, 0.4) is 0 Å². The zero-order valence-corrected chi connectivity index (χ0v) is 12.9. The minimum Gasteiger partial charge on any atom is -0.371 e. The van der Waals surface area contributed by atoms with Crippen LogP contribution in [-0.2, 0) is 0 Å². The van der Waals surface area contributed by atoms with Gasteiger partial charge in [-0.1, -0.05) is 60.7 Å². The molecule has 23 heavy (non-hydrogen) atoms. The number of aryl methyl sites for hydroxylation is 1. The Morgan fingerprint density at radius 2 is 1.52 bits per heavy atom. The van der Waals surface area contributed by atoms with Gasteiger partial charge in [0, 0.05) is 5.56 Å². The quantitative estimate of drug-likeness (QED) is 0.601. The maximum atomic E-state index is 5.02. The third kappa shape index (κ3) is 1.72. The lowest BCUT2D eigenvalue weighted by atomic mass is 9.80. The summed E-state index contributed by atoms with van der Waals surface area (Å²) >= 11 is 0.